The zero-order chi connectivity index (χ0) is 8.11. The van der Waals surface area contributed by atoms with Crippen molar-refractivity contribution >= 4 is 0 Å². The highest BCUT2D eigenvalue weighted by Crippen LogP contribution is 2.73. The van der Waals surface area contributed by atoms with Crippen molar-refractivity contribution in [2.75, 3.05) is 0 Å². The Morgan fingerprint density at radius 1 is 1.36 bits per heavy atom. The van der Waals surface area contributed by atoms with Gasteiger partial charge in [-0.15, -0.1) is 0 Å². The molecule has 11 heavy (non-hydrogen) atoms. The maximum Gasteiger partial charge on any atom is 0.254 e. The lowest BCUT2D eigenvalue weighted by Crippen LogP contribution is -2.29. The van der Waals surface area contributed by atoms with Crippen molar-refractivity contribution in [2.45, 2.75) is 45.0 Å². The van der Waals surface area contributed by atoms with Crippen molar-refractivity contribution in [1.29, 1.82) is 0 Å². The second-order valence-electron chi connectivity index (χ2n) is 4.22. The fourth-order valence-electron chi connectivity index (χ4n) is 2.48. The maximum atomic E-state index is 12.6. The third-order valence-corrected chi connectivity index (χ3v) is 3.27. The average molecular weight is 160 g/mol. The van der Waals surface area contributed by atoms with Crippen molar-refractivity contribution in [2.24, 2.45) is 11.3 Å². The molecule has 0 aromatic heterocycles. The first-order valence-electron chi connectivity index (χ1n) is 4.47. The van der Waals surface area contributed by atoms with E-state index in [1.807, 2.05) is 0 Å². The van der Waals surface area contributed by atoms with Gasteiger partial charge in [-0.1, -0.05) is 19.8 Å². The summed E-state index contributed by atoms with van der Waals surface area (Å²) in [5, 5.41) is 0. The molecule has 2 heteroatoms. The van der Waals surface area contributed by atoms with E-state index in [0.717, 1.165) is 25.7 Å². The zero-order valence-electron chi connectivity index (χ0n) is 6.87. The minimum atomic E-state index is -2.28. The highest BCUT2D eigenvalue weighted by atomic mass is 19.3. The first-order chi connectivity index (χ1) is 5.10. The third-order valence-electron chi connectivity index (χ3n) is 3.27. The molecule has 0 heterocycles. The topological polar surface area (TPSA) is 0 Å². The molecule has 1 spiro atoms. The number of halogens is 2. The van der Waals surface area contributed by atoms with E-state index in [9.17, 15) is 8.78 Å². The molecule has 0 saturated heterocycles. The third kappa shape index (κ3) is 0.911. The van der Waals surface area contributed by atoms with Gasteiger partial charge in [-0.25, -0.2) is 8.78 Å². The summed E-state index contributed by atoms with van der Waals surface area (Å²) < 4.78 is 25.3. The van der Waals surface area contributed by atoms with Crippen LogP contribution in [0.4, 0.5) is 8.78 Å². The van der Waals surface area contributed by atoms with Crippen LogP contribution in [0.15, 0.2) is 0 Å². The first kappa shape index (κ1) is 7.51. The van der Waals surface area contributed by atoms with Gasteiger partial charge >= 0.3 is 0 Å². The van der Waals surface area contributed by atoms with Gasteiger partial charge in [-0.3, -0.25) is 0 Å². The average Bonchev–Trinajstić information content (AvgIpc) is 2.34. The summed E-state index contributed by atoms with van der Waals surface area (Å²) >= 11 is 0. The second-order valence-corrected chi connectivity index (χ2v) is 4.22. The molecule has 0 aromatic rings. The number of alkyl halides is 2. The van der Waals surface area contributed by atoms with Crippen LogP contribution in [0.5, 0.6) is 0 Å². The predicted octanol–water partition coefficient (Wildman–Crippen LogP) is 3.22. The van der Waals surface area contributed by atoms with Crippen molar-refractivity contribution in [3.05, 3.63) is 0 Å². The van der Waals surface area contributed by atoms with Crippen LogP contribution < -0.4 is 0 Å². The summed E-state index contributed by atoms with van der Waals surface area (Å²) in [6, 6.07) is 0. The molecule has 0 bridgehead atoms. The number of hydrogen-bond acceptors (Lipinski definition) is 0. The Morgan fingerprint density at radius 2 is 1.91 bits per heavy atom. The minimum Gasteiger partial charge on any atom is -0.206 e. The Hall–Kier alpha value is -0.140. The number of hydrogen-bond donors (Lipinski definition) is 0. The fourth-order valence-corrected chi connectivity index (χ4v) is 2.48. The maximum absolute atomic E-state index is 12.6. The Balaban J connectivity index is 1.81. The highest BCUT2D eigenvalue weighted by molar-refractivity contribution is 5.16. The van der Waals surface area contributed by atoms with Gasteiger partial charge < -0.3 is 0 Å². The Morgan fingerprint density at radius 3 is 2.27 bits per heavy atom. The summed E-state index contributed by atoms with van der Waals surface area (Å²) in [7, 11) is 0. The van der Waals surface area contributed by atoms with E-state index in [2.05, 4.69) is 6.92 Å². The Labute approximate surface area is 66.0 Å². The molecule has 0 unspecified atom stereocenters. The lowest BCUT2D eigenvalue weighted by Gasteiger charge is -2.35. The molecule has 0 N–H and O–H groups in total. The van der Waals surface area contributed by atoms with Crippen LogP contribution in [0.1, 0.15) is 39.0 Å². The molecule has 0 atom stereocenters. The molecule has 2 rings (SSSR count). The summed E-state index contributed by atoms with van der Waals surface area (Å²) in [4.78, 5) is 0. The zero-order valence-corrected chi connectivity index (χ0v) is 6.87. The monoisotopic (exact) mass is 160 g/mol. The first-order valence-corrected chi connectivity index (χ1v) is 4.47. The van der Waals surface area contributed by atoms with E-state index in [4.69, 9.17) is 0 Å². The predicted molar refractivity (Wildman–Crippen MR) is 39.6 cm³/mol. The van der Waals surface area contributed by atoms with Gasteiger partial charge in [0.05, 0.1) is 0 Å². The van der Waals surface area contributed by atoms with Gasteiger partial charge in [-0.05, 0) is 18.8 Å². The minimum absolute atomic E-state index is 0.181. The van der Waals surface area contributed by atoms with Crippen LogP contribution in [-0.2, 0) is 0 Å². The summed E-state index contributed by atoms with van der Waals surface area (Å²) in [5.41, 5.74) is -0.493. The van der Waals surface area contributed by atoms with Crippen molar-refractivity contribution in [1.82, 2.24) is 0 Å². The van der Waals surface area contributed by atoms with E-state index >= 15 is 0 Å². The van der Waals surface area contributed by atoms with Gasteiger partial charge in [0.1, 0.15) is 0 Å². The molecule has 2 saturated carbocycles. The summed E-state index contributed by atoms with van der Waals surface area (Å²) in [6.07, 6.45) is 4.08. The summed E-state index contributed by atoms with van der Waals surface area (Å²) in [6.45, 7) is 2.12. The highest BCUT2D eigenvalue weighted by Gasteiger charge is 2.75. The normalized spacial score (nSPS) is 45.5. The van der Waals surface area contributed by atoms with Crippen molar-refractivity contribution < 1.29 is 8.78 Å². The van der Waals surface area contributed by atoms with E-state index in [1.165, 1.54) is 0 Å². The molecule has 2 aliphatic rings. The van der Waals surface area contributed by atoms with Crippen LogP contribution in [0.3, 0.4) is 0 Å². The molecule has 0 radical (unpaired) electrons. The Kier molecular flexibility index (Phi) is 1.34. The smallest absolute Gasteiger partial charge is 0.206 e. The fraction of sp³-hybridized carbons (Fsp3) is 1.00. The van der Waals surface area contributed by atoms with Gasteiger partial charge in [-0.2, -0.15) is 0 Å². The molecule has 0 nitrogen and oxygen atoms in total. The van der Waals surface area contributed by atoms with Gasteiger partial charge in [0.15, 0.2) is 0 Å². The van der Waals surface area contributed by atoms with Gasteiger partial charge in [0, 0.05) is 11.8 Å². The molecule has 0 aromatic carbocycles. The largest absolute Gasteiger partial charge is 0.254 e. The molecular formula is C9H14F2. The molecule has 64 valence electrons. The molecular weight excluding hydrogens is 146 g/mol. The lowest BCUT2D eigenvalue weighted by molar-refractivity contribution is -0.000478. The van der Waals surface area contributed by atoms with E-state index in [0.29, 0.717) is 5.92 Å². The lowest BCUT2D eigenvalue weighted by atomic mass is 9.69. The molecule has 2 fully saturated rings. The second kappa shape index (κ2) is 1.96. The standard InChI is InChI=1S/C9H14F2/c1-2-3-7-4-8(5-7)6-9(8,10)11/h7H,2-6H2,1H3/t7-,8+. The van der Waals surface area contributed by atoms with Crippen LogP contribution in [-0.4, -0.2) is 5.92 Å². The van der Waals surface area contributed by atoms with Gasteiger partial charge in [0.2, 0.25) is 0 Å². The van der Waals surface area contributed by atoms with E-state index in [-0.39, 0.29) is 6.42 Å². The Bertz CT molecular complexity index is 168. The van der Waals surface area contributed by atoms with E-state index in [1.54, 1.807) is 0 Å². The molecule has 0 amide bonds. The van der Waals surface area contributed by atoms with Crippen molar-refractivity contribution in [3.63, 3.8) is 0 Å². The molecule has 0 aliphatic heterocycles. The quantitative estimate of drug-likeness (QED) is 0.581. The van der Waals surface area contributed by atoms with E-state index < -0.39 is 11.3 Å². The number of rotatable bonds is 2. The van der Waals surface area contributed by atoms with Crippen LogP contribution in [0.25, 0.3) is 0 Å². The van der Waals surface area contributed by atoms with Crippen molar-refractivity contribution in [3.8, 4) is 0 Å². The van der Waals surface area contributed by atoms with Gasteiger partial charge in [0.25, 0.3) is 5.92 Å². The summed E-state index contributed by atoms with van der Waals surface area (Å²) in [5.74, 6) is -1.66. The SMILES string of the molecule is CCC[C@H]1C[C@]2(CC2(F)F)C1. The van der Waals surface area contributed by atoms with Crippen LogP contribution in [0.2, 0.25) is 0 Å². The molecule has 2 aliphatic carbocycles. The van der Waals surface area contributed by atoms with Crippen LogP contribution in [0, 0.1) is 11.3 Å². The van der Waals surface area contributed by atoms with Crippen LogP contribution >= 0.6 is 0 Å².